The molecule has 2 aromatic rings. The molecule has 1 aliphatic carbocycles. The molecule has 1 aliphatic heterocycles. The zero-order valence-electron chi connectivity index (χ0n) is 16.4. The molecule has 0 bridgehead atoms. The first-order valence-corrected chi connectivity index (χ1v) is 10.4. The summed E-state index contributed by atoms with van der Waals surface area (Å²) in [5.41, 5.74) is 8.72. The molecule has 8 heteroatoms. The highest BCUT2D eigenvalue weighted by atomic mass is 32.1. The standard InChI is InChI=1S/C20H25N5O2S/c1-11-5-9-25(15(11)17(21)26)19(27)24-18-23-12(2)16(28-18)13-4-8-22-14(10-13)20(3)6-7-20/h4,8,10-11,15H,5-7,9H2,1-3H3,(H2,21,26)(H,23,24,27)/t11-,15+/m1/s1. The van der Waals surface area contributed by atoms with Gasteiger partial charge in [0, 0.05) is 23.9 Å². The number of primary amides is 1. The lowest BCUT2D eigenvalue weighted by atomic mass is 10.0. The van der Waals surface area contributed by atoms with Gasteiger partial charge in [-0.1, -0.05) is 25.2 Å². The second-order valence-corrected chi connectivity index (χ2v) is 9.16. The molecule has 2 aromatic heterocycles. The largest absolute Gasteiger partial charge is 0.368 e. The molecule has 4 rings (SSSR count). The molecule has 3 heterocycles. The number of aryl methyl sites for hydroxylation is 1. The van der Waals surface area contributed by atoms with Crippen LogP contribution in [-0.4, -0.2) is 39.4 Å². The van der Waals surface area contributed by atoms with Gasteiger partial charge in [0.1, 0.15) is 6.04 Å². The minimum atomic E-state index is -0.567. The van der Waals surface area contributed by atoms with Crippen LogP contribution < -0.4 is 11.1 Å². The van der Waals surface area contributed by atoms with E-state index in [4.69, 9.17) is 5.73 Å². The van der Waals surface area contributed by atoms with E-state index in [2.05, 4.69) is 28.3 Å². The van der Waals surface area contributed by atoms with Crippen LogP contribution in [0.1, 0.15) is 44.5 Å². The van der Waals surface area contributed by atoms with Gasteiger partial charge in [-0.05, 0) is 49.8 Å². The number of carbonyl (C=O) groups excluding carboxylic acids is 2. The van der Waals surface area contributed by atoms with Gasteiger partial charge >= 0.3 is 6.03 Å². The predicted molar refractivity (Wildman–Crippen MR) is 109 cm³/mol. The third-order valence-electron chi connectivity index (χ3n) is 5.90. The van der Waals surface area contributed by atoms with Crippen LogP contribution in [0.15, 0.2) is 18.3 Å². The van der Waals surface area contributed by atoms with Crippen molar-refractivity contribution in [2.75, 3.05) is 11.9 Å². The zero-order chi connectivity index (χ0) is 20.1. The first-order valence-electron chi connectivity index (χ1n) is 9.60. The first kappa shape index (κ1) is 18.9. The molecular weight excluding hydrogens is 374 g/mol. The van der Waals surface area contributed by atoms with Crippen molar-refractivity contribution in [3.63, 3.8) is 0 Å². The summed E-state index contributed by atoms with van der Waals surface area (Å²) in [7, 11) is 0. The third-order valence-corrected chi connectivity index (χ3v) is 7.03. The number of aromatic nitrogens is 2. The van der Waals surface area contributed by atoms with E-state index in [1.54, 1.807) is 0 Å². The number of anilines is 1. The molecule has 7 nitrogen and oxygen atoms in total. The number of pyridine rings is 1. The van der Waals surface area contributed by atoms with Gasteiger partial charge in [0.2, 0.25) is 5.91 Å². The van der Waals surface area contributed by atoms with Crippen LogP contribution in [0.5, 0.6) is 0 Å². The minimum Gasteiger partial charge on any atom is -0.368 e. The van der Waals surface area contributed by atoms with Crippen LogP contribution in [-0.2, 0) is 10.2 Å². The van der Waals surface area contributed by atoms with Crippen molar-refractivity contribution in [1.29, 1.82) is 0 Å². The highest BCUT2D eigenvalue weighted by Gasteiger charge is 2.41. The molecule has 3 amide bonds. The molecule has 2 atom stereocenters. The van der Waals surface area contributed by atoms with E-state index in [0.717, 1.165) is 28.2 Å². The number of rotatable bonds is 4. The molecule has 0 unspecified atom stereocenters. The lowest BCUT2D eigenvalue weighted by Gasteiger charge is -2.23. The molecule has 1 saturated heterocycles. The molecule has 0 aromatic carbocycles. The van der Waals surface area contributed by atoms with Crippen molar-refractivity contribution in [3.8, 4) is 10.4 Å². The lowest BCUT2D eigenvalue weighted by Crippen LogP contribution is -2.47. The Hall–Kier alpha value is -2.48. The van der Waals surface area contributed by atoms with Crippen LogP contribution >= 0.6 is 11.3 Å². The fourth-order valence-electron chi connectivity index (χ4n) is 3.84. The van der Waals surface area contributed by atoms with Gasteiger partial charge in [0.15, 0.2) is 5.13 Å². The Kier molecular flexibility index (Phi) is 4.61. The predicted octanol–water partition coefficient (Wildman–Crippen LogP) is 3.29. The number of nitrogens with one attached hydrogen (secondary N) is 1. The third kappa shape index (κ3) is 3.37. The Bertz CT molecular complexity index is 936. The quantitative estimate of drug-likeness (QED) is 0.824. The van der Waals surface area contributed by atoms with Crippen molar-refractivity contribution >= 4 is 28.4 Å². The van der Waals surface area contributed by atoms with Crippen molar-refractivity contribution in [2.45, 2.75) is 51.5 Å². The van der Waals surface area contributed by atoms with E-state index in [9.17, 15) is 9.59 Å². The van der Waals surface area contributed by atoms with E-state index in [-0.39, 0.29) is 17.4 Å². The zero-order valence-corrected chi connectivity index (χ0v) is 17.2. The Morgan fingerprint density at radius 2 is 2.14 bits per heavy atom. The van der Waals surface area contributed by atoms with E-state index in [1.807, 2.05) is 26.1 Å². The number of nitrogens with zero attached hydrogens (tertiary/aromatic N) is 3. The van der Waals surface area contributed by atoms with E-state index < -0.39 is 11.9 Å². The lowest BCUT2D eigenvalue weighted by molar-refractivity contribution is -0.122. The summed E-state index contributed by atoms with van der Waals surface area (Å²) in [4.78, 5) is 36.0. The molecule has 1 saturated carbocycles. The van der Waals surface area contributed by atoms with Crippen molar-refractivity contribution in [1.82, 2.24) is 14.9 Å². The smallest absolute Gasteiger partial charge is 0.324 e. The molecule has 3 N–H and O–H groups in total. The van der Waals surface area contributed by atoms with E-state index in [0.29, 0.717) is 11.7 Å². The minimum absolute atomic E-state index is 0.0656. The summed E-state index contributed by atoms with van der Waals surface area (Å²) in [5, 5.41) is 3.37. The topological polar surface area (TPSA) is 101 Å². The summed E-state index contributed by atoms with van der Waals surface area (Å²) in [5.74, 6) is -0.398. The average molecular weight is 400 g/mol. The Morgan fingerprint density at radius 1 is 1.39 bits per heavy atom. The number of urea groups is 1. The van der Waals surface area contributed by atoms with E-state index >= 15 is 0 Å². The van der Waals surface area contributed by atoms with Crippen LogP contribution in [0.4, 0.5) is 9.93 Å². The van der Waals surface area contributed by atoms with Gasteiger partial charge in [-0.25, -0.2) is 9.78 Å². The summed E-state index contributed by atoms with van der Waals surface area (Å²) < 4.78 is 0. The van der Waals surface area contributed by atoms with Gasteiger partial charge in [0.05, 0.1) is 10.6 Å². The molecule has 28 heavy (non-hydrogen) atoms. The molecule has 0 spiro atoms. The monoisotopic (exact) mass is 399 g/mol. The first-order chi connectivity index (χ1) is 13.3. The number of nitrogens with two attached hydrogens (primary N) is 1. The highest BCUT2D eigenvalue weighted by molar-refractivity contribution is 7.19. The van der Waals surface area contributed by atoms with Gasteiger partial charge < -0.3 is 10.6 Å². The molecular formula is C20H25N5O2S. The van der Waals surface area contributed by atoms with Crippen LogP contribution in [0, 0.1) is 12.8 Å². The van der Waals surface area contributed by atoms with Crippen LogP contribution in [0.25, 0.3) is 10.4 Å². The van der Waals surface area contributed by atoms with Crippen LogP contribution in [0.2, 0.25) is 0 Å². The summed E-state index contributed by atoms with van der Waals surface area (Å²) in [6.45, 7) is 6.63. The highest BCUT2D eigenvalue weighted by Crippen LogP contribution is 2.47. The number of thiazole rings is 1. The molecule has 2 fully saturated rings. The number of hydrogen-bond donors (Lipinski definition) is 2. The second-order valence-electron chi connectivity index (χ2n) is 8.16. The molecule has 0 radical (unpaired) electrons. The number of amides is 3. The van der Waals surface area contributed by atoms with Crippen molar-refractivity contribution < 1.29 is 9.59 Å². The van der Waals surface area contributed by atoms with Gasteiger partial charge in [-0.3, -0.25) is 15.1 Å². The normalized spacial score (nSPS) is 22.9. The fourth-order valence-corrected chi connectivity index (χ4v) is 4.79. The van der Waals surface area contributed by atoms with Gasteiger partial charge in [0.25, 0.3) is 0 Å². The Morgan fingerprint density at radius 3 is 2.82 bits per heavy atom. The summed E-state index contributed by atoms with van der Waals surface area (Å²) in [6, 6.07) is 3.22. The Labute approximate surface area is 168 Å². The van der Waals surface area contributed by atoms with Gasteiger partial charge in [-0.15, -0.1) is 0 Å². The molecule has 2 aliphatic rings. The maximum Gasteiger partial charge on any atom is 0.324 e. The van der Waals surface area contributed by atoms with Crippen molar-refractivity contribution in [3.05, 3.63) is 29.7 Å². The number of hydrogen-bond acceptors (Lipinski definition) is 5. The Balaban J connectivity index is 1.54. The van der Waals surface area contributed by atoms with Crippen LogP contribution in [0.3, 0.4) is 0 Å². The number of carbonyl (C=O) groups is 2. The second kappa shape index (κ2) is 6.84. The molecule has 148 valence electrons. The van der Waals surface area contributed by atoms with Crippen molar-refractivity contribution in [2.24, 2.45) is 11.7 Å². The maximum absolute atomic E-state index is 12.7. The number of likely N-dealkylation sites (tertiary alicyclic amines) is 1. The summed E-state index contributed by atoms with van der Waals surface area (Å²) >= 11 is 1.44. The van der Waals surface area contributed by atoms with Gasteiger partial charge in [-0.2, -0.15) is 0 Å². The maximum atomic E-state index is 12.7. The fraction of sp³-hybridized carbons (Fsp3) is 0.500. The van der Waals surface area contributed by atoms with E-state index in [1.165, 1.54) is 29.1 Å². The average Bonchev–Trinajstić information content (AvgIpc) is 3.11. The summed E-state index contributed by atoms with van der Waals surface area (Å²) in [6.07, 6.45) is 4.94. The SMILES string of the molecule is Cc1nc(NC(=O)N2CC[C@@H](C)[C@H]2C(N)=O)sc1-c1ccnc(C2(C)CC2)c1.